The number of rotatable bonds is 8. The van der Waals surface area contributed by atoms with E-state index in [0.29, 0.717) is 18.8 Å². The first-order chi connectivity index (χ1) is 9.78. The average molecular weight is 330 g/mol. The maximum absolute atomic E-state index is 12.5. The maximum Gasteiger partial charge on any atom is 0.244 e. The Kier molecular flexibility index (Phi) is 6.66. The Labute approximate surface area is 132 Å². The molecule has 0 radical (unpaired) electrons. The minimum atomic E-state index is -3.52. The standard InChI is InChI=1S/C13H22N4O2S2/c1-4-17(9-5-8-16(2)3)21(18,19)11-6-7-12(13(14)20)15-10-11/h6-7,10H,4-5,8-9H2,1-3H3,(H2,14,20). The average Bonchev–Trinajstić information content (AvgIpc) is 2.43. The molecular formula is C13H22N4O2S2. The zero-order valence-corrected chi connectivity index (χ0v) is 14.2. The Morgan fingerprint density at radius 2 is 2.00 bits per heavy atom. The fourth-order valence-electron chi connectivity index (χ4n) is 1.84. The lowest BCUT2D eigenvalue weighted by atomic mass is 10.3. The summed E-state index contributed by atoms with van der Waals surface area (Å²) < 4.78 is 26.5. The summed E-state index contributed by atoms with van der Waals surface area (Å²) >= 11 is 4.81. The second-order valence-corrected chi connectivity index (χ2v) is 7.27. The number of hydrogen-bond donors (Lipinski definition) is 1. The van der Waals surface area contributed by atoms with Crippen LogP contribution in [0.1, 0.15) is 19.0 Å². The summed E-state index contributed by atoms with van der Waals surface area (Å²) in [5, 5.41) is 0. The molecule has 0 unspecified atom stereocenters. The van der Waals surface area contributed by atoms with Gasteiger partial charge in [0.05, 0.1) is 5.69 Å². The number of pyridine rings is 1. The molecule has 118 valence electrons. The van der Waals surface area contributed by atoms with Crippen LogP contribution < -0.4 is 5.73 Å². The molecule has 0 bridgehead atoms. The molecule has 6 nitrogen and oxygen atoms in total. The lowest BCUT2D eigenvalue weighted by Crippen LogP contribution is -2.33. The second-order valence-electron chi connectivity index (χ2n) is 4.90. The molecule has 0 atom stereocenters. The Balaban J connectivity index is 2.88. The van der Waals surface area contributed by atoms with Crippen LogP contribution in [-0.4, -0.2) is 61.3 Å². The smallest absolute Gasteiger partial charge is 0.244 e. The Morgan fingerprint density at radius 1 is 1.33 bits per heavy atom. The highest BCUT2D eigenvalue weighted by atomic mass is 32.2. The third kappa shape index (κ3) is 4.99. The van der Waals surface area contributed by atoms with E-state index in [1.165, 1.54) is 22.6 Å². The van der Waals surface area contributed by atoms with Crippen molar-refractivity contribution in [2.45, 2.75) is 18.2 Å². The molecule has 0 amide bonds. The van der Waals surface area contributed by atoms with Crippen LogP contribution in [0.3, 0.4) is 0 Å². The van der Waals surface area contributed by atoms with Crippen molar-refractivity contribution in [2.75, 3.05) is 33.7 Å². The predicted octanol–water partition coefficient (Wildman–Crippen LogP) is 0.678. The van der Waals surface area contributed by atoms with E-state index in [-0.39, 0.29) is 9.88 Å². The van der Waals surface area contributed by atoms with Crippen molar-refractivity contribution >= 4 is 27.2 Å². The van der Waals surface area contributed by atoms with Gasteiger partial charge in [0, 0.05) is 19.3 Å². The van der Waals surface area contributed by atoms with Crippen LogP contribution in [0.25, 0.3) is 0 Å². The first-order valence-corrected chi connectivity index (χ1v) is 8.54. The molecule has 0 saturated heterocycles. The SMILES string of the molecule is CCN(CCCN(C)C)S(=O)(=O)c1ccc(C(N)=S)nc1. The molecule has 21 heavy (non-hydrogen) atoms. The molecule has 2 N–H and O–H groups in total. The van der Waals surface area contributed by atoms with Crippen molar-refractivity contribution in [3.8, 4) is 0 Å². The third-order valence-electron chi connectivity index (χ3n) is 2.99. The van der Waals surface area contributed by atoms with Gasteiger partial charge in [0.1, 0.15) is 9.88 Å². The van der Waals surface area contributed by atoms with Crippen LogP contribution in [0, 0.1) is 0 Å². The summed E-state index contributed by atoms with van der Waals surface area (Å²) in [6.45, 7) is 3.57. The highest BCUT2D eigenvalue weighted by Crippen LogP contribution is 2.15. The maximum atomic E-state index is 12.5. The van der Waals surface area contributed by atoms with E-state index in [1.807, 2.05) is 25.9 Å². The number of sulfonamides is 1. The predicted molar refractivity (Wildman–Crippen MR) is 87.7 cm³/mol. The molecular weight excluding hydrogens is 308 g/mol. The van der Waals surface area contributed by atoms with Crippen molar-refractivity contribution in [3.05, 3.63) is 24.0 Å². The van der Waals surface area contributed by atoms with Crippen molar-refractivity contribution in [1.82, 2.24) is 14.2 Å². The van der Waals surface area contributed by atoms with Gasteiger partial charge in [-0.2, -0.15) is 4.31 Å². The molecule has 1 aromatic heterocycles. The molecule has 1 rings (SSSR count). The first kappa shape index (κ1) is 18.0. The van der Waals surface area contributed by atoms with Crippen molar-refractivity contribution in [2.24, 2.45) is 5.73 Å². The van der Waals surface area contributed by atoms with E-state index in [1.54, 1.807) is 0 Å². The fourth-order valence-corrected chi connectivity index (χ4v) is 3.39. The molecule has 1 heterocycles. The van der Waals surface area contributed by atoms with Crippen LogP contribution >= 0.6 is 12.2 Å². The highest BCUT2D eigenvalue weighted by molar-refractivity contribution is 7.89. The van der Waals surface area contributed by atoms with Gasteiger partial charge in [0.25, 0.3) is 0 Å². The van der Waals surface area contributed by atoms with Gasteiger partial charge in [-0.05, 0) is 39.2 Å². The summed E-state index contributed by atoms with van der Waals surface area (Å²) in [4.78, 5) is 6.33. The van der Waals surface area contributed by atoms with Gasteiger partial charge in [0.15, 0.2) is 0 Å². The molecule has 0 fully saturated rings. The quantitative estimate of drug-likeness (QED) is 0.706. The topological polar surface area (TPSA) is 79.5 Å². The van der Waals surface area contributed by atoms with Crippen LogP contribution in [-0.2, 0) is 10.0 Å². The fraction of sp³-hybridized carbons (Fsp3) is 0.538. The Hall–Kier alpha value is -1.09. The Morgan fingerprint density at radius 3 is 2.43 bits per heavy atom. The lowest BCUT2D eigenvalue weighted by Gasteiger charge is -2.21. The first-order valence-electron chi connectivity index (χ1n) is 6.69. The van der Waals surface area contributed by atoms with Gasteiger partial charge in [-0.3, -0.25) is 4.98 Å². The minimum Gasteiger partial charge on any atom is -0.388 e. The molecule has 0 spiro atoms. The largest absolute Gasteiger partial charge is 0.388 e. The van der Waals surface area contributed by atoms with Crippen LogP contribution in [0.4, 0.5) is 0 Å². The zero-order valence-electron chi connectivity index (χ0n) is 12.6. The van der Waals surface area contributed by atoms with Crippen molar-refractivity contribution in [3.63, 3.8) is 0 Å². The van der Waals surface area contributed by atoms with E-state index >= 15 is 0 Å². The lowest BCUT2D eigenvalue weighted by molar-refractivity contribution is 0.356. The number of aromatic nitrogens is 1. The summed E-state index contributed by atoms with van der Waals surface area (Å²) in [6.07, 6.45) is 2.08. The van der Waals surface area contributed by atoms with Crippen LogP contribution in [0.15, 0.2) is 23.2 Å². The van der Waals surface area contributed by atoms with Gasteiger partial charge >= 0.3 is 0 Å². The van der Waals surface area contributed by atoms with Gasteiger partial charge < -0.3 is 10.6 Å². The van der Waals surface area contributed by atoms with E-state index in [9.17, 15) is 8.42 Å². The van der Waals surface area contributed by atoms with Crippen molar-refractivity contribution in [1.29, 1.82) is 0 Å². The molecule has 0 aromatic carbocycles. The summed E-state index contributed by atoms with van der Waals surface area (Å²) in [6, 6.07) is 3.02. The monoisotopic (exact) mass is 330 g/mol. The number of nitrogens with zero attached hydrogens (tertiary/aromatic N) is 3. The summed E-state index contributed by atoms with van der Waals surface area (Å²) in [5.41, 5.74) is 5.87. The van der Waals surface area contributed by atoms with Crippen LogP contribution in [0.5, 0.6) is 0 Å². The molecule has 0 aliphatic rings. The molecule has 0 saturated carbocycles. The number of nitrogens with two attached hydrogens (primary N) is 1. The van der Waals surface area contributed by atoms with Gasteiger partial charge in [0.2, 0.25) is 10.0 Å². The molecule has 8 heteroatoms. The molecule has 1 aromatic rings. The van der Waals surface area contributed by atoms with Crippen molar-refractivity contribution < 1.29 is 8.42 Å². The number of thiocarbonyl (C=S) groups is 1. The second kappa shape index (κ2) is 7.79. The Bertz CT molecular complexity index is 570. The molecule has 0 aliphatic carbocycles. The van der Waals surface area contributed by atoms with E-state index < -0.39 is 10.0 Å². The zero-order chi connectivity index (χ0) is 16.0. The molecule has 0 aliphatic heterocycles. The highest BCUT2D eigenvalue weighted by Gasteiger charge is 2.23. The summed E-state index contributed by atoms with van der Waals surface area (Å²) in [7, 11) is 0.400. The van der Waals surface area contributed by atoms with Gasteiger partial charge in [-0.1, -0.05) is 19.1 Å². The van der Waals surface area contributed by atoms with E-state index in [0.717, 1.165) is 13.0 Å². The normalized spacial score (nSPS) is 12.0. The van der Waals surface area contributed by atoms with Gasteiger partial charge in [-0.15, -0.1) is 0 Å². The minimum absolute atomic E-state index is 0.150. The van der Waals surface area contributed by atoms with Crippen LogP contribution in [0.2, 0.25) is 0 Å². The van der Waals surface area contributed by atoms with Gasteiger partial charge in [-0.25, -0.2) is 8.42 Å². The van der Waals surface area contributed by atoms with E-state index in [2.05, 4.69) is 4.98 Å². The number of hydrogen-bond acceptors (Lipinski definition) is 5. The third-order valence-corrected chi connectivity index (χ3v) is 5.16. The summed E-state index contributed by atoms with van der Waals surface area (Å²) in [5.74, 6) is 0. The van der Waals surface area contributed by atoms with E-state index in [4.69, 9.17) is 18.0 Å².